The molecule has 1 aliphatic carbocycles. The van der Waals surface area contributed by atoms with E-state index in [2.05, 4.69) is 41.4 Å². The first-order valence-corrected chi connectivity index (χ1v) is 10.6. The minimum atomic E-state index is -0.0548. The fraction of sp³-hybridized carbons (Fsp3) is 0.417. The molecule has 1 saturated heterocycles. The van der Waals surface area contributed by atoms with Crippen LogP contribution in [0.2, 0.25) is 0 Å². The summed E-state index contributed by atoms with van der Waals surface area (Å²) in [4.78, 5) is 18.9. The van der Waals surface area contributed by atoms with Crippen molar-refractivity contribution < 1.29 is 13.9 Å². The summed E-state index contributed by atoms with van der Waals surface area (Å²) in [5, 5.41) is 2.44. The van der Waals surface area contributed by atoms with Gasteiger partial charge >= 0.3 is 0 Å². The normalized spacial score (nSPS) is 18.1. The number of carbonyl (C=O) groups is 1. The maximum absolute atomic E-state index is 12.7. The van der Waals surface area contributed by atoms with Crippen molar-refractivity contribution in [2.24, 2.45) is 0 Å². The second-order valence-electron chi connectivity index (χ2n) is 8.19. The number of aromatic nitrogens is 1. The van der Waals surface area contributed by atoms with Crippen LogP contribution in [0.3, 0.4) is 0 Å². The number of fused-ring (bicyclic) bond motifs is 1. The zero-order valence-electron chi connectivity index (χ0n) is 16.5. The molecule has 29 heavy (non-hydrogen) atoms. The lowest BCUT2D eigenvalue weighted by Gasteiger charge is -2.38. The molecular formula is C24H26N2O3. The second kappa shape index (κ2) is 7.99. The van der Waals surface area contributed by atoms with Crippen molar-refractivity contribution in [1.82, 2.24) is 9.88 Å². The lowest BCUT2D eigenvalue weighted by Crippen LogP contribution is -2.54. The van der Waals surface area contributed by atoms with E-state index in [9.17, 15) is 4.79 Å². The van der Waals surface area contributed by atoms with Crippen LogP contribution < -0.4 is 0 Å². The standard InChI is InChI=1S/C24H26N2O3/c27-24(22-16-29-23(25-22)18-8-2-1-3-9-18)26-13-20(14-26)28-15-19-11-6-10-17-7-4-5-12-21(17)19/h4-7,10-12,16,18,20H,1-3,8-9,13-15H2. The molecule has 3 aromatic rings. The number of carbonyl (C=O) groups excluding carboxylic acids is 1. The molecule has 0 bridgehead atoms. The third-order valence-corrected chi connectivity index (χ3v) is 6.19. The molecule has 1 aromatic heterocycles. The fourth-order valence-electron chi connectivity index (χ4n) is 4.42. The van der Waals surface area contributed by atoms with Gasteiger partial charge in [-0.15, -0.1) is 0 Å². The number of nitrogens with zero attached hydrogens (tertiary/aromatic N) is 2. The van der Waals surface area contributed by atoms with E-state index < -0.39 is 0 Å². The number of rotatable bonds is 5. The van der Waals surface area contributed by atoms with Gasteiger partial charge in [0.25, 0.3) is 5.91 Å². The summed E-state index contributed by atoms with van der Waals surface area (Å²) in [5.74, 6) is 1.05. The number of hydrogen-bond donors (Lipinski definition) is 0. The van der Waals surface area contributed by atoms with E-state index in [1.54, 1.807) is 4.90 Å². The van der Waals surface area contributed by atoms with Gasteiger partial charge in [-0.2, -0.15) is 0 Å². The van der Waals surface area contributed by atoms with Gasteiger partial charge in [-0.3, -0.25) is 4.79 Å². The monoisotopic (exact) mass is 390 g/mol. The number of likely N-dealkylation sites (tertiary alicyclic amines) is 1. The first-order chi connectivity index (χ1) is 14.3. The number of oxazole rings is 1. The zero-order valence-corrected chi connectivity index (χ0v) is 16.5. The Bertz CT molecular complexity index is 995. The molecule has 2 fully saturated rings. The topological polar surface area (TPSA) is 55.6 Å². The third-order valence-electron chi connectivity index (χ3n) is 6.19. The van der Waals surface area contributed by atoms with Gasteiger partial charge in [0, 0.05) is 19.0 Å². The average Bonchev–Trinajstić information content (AvgIpc) is 3.23. The van der Waals surface area contributed by atoms with E-state index in [0.717, 1.165) is 18.7 Å². The Balaban J connectivity index is 1.15. The molecule has 5 nitrogen and oxygen atoms in total. The smallest absolute Gasteiger partial charge is 0.275 e. The molecule has 1 aliphatic heterocycles. The Labute approximate surface area is 170 Å². The van der Waals surface area contributed by atoms with Gasteiger partial charge in [-0.25, -0.2) is 4.98 Å². The van der Waals surface area contributed by atoms with Crippen LogP contribution in [0.5, 0.6) is 0 Å². The number of amides is 1. The minimum absolute atomic E-state index is 0.0548. The van der Waals surface area contributed by atoms with Crippen LogP contribution in [-0.4, -0.2) is 35.0 Å². The van der Waals surface area contributed by atoms with Crippen LogP contribution in [0.25, 0.3) is 10.8 Å². The summed E-state index contributed by atoms with van der Waals surface area (Å²) in [6, 6.07) is 14.6. The molecule has 0 N–H and O–H groups in total. The number of ether oxygens (including phenoxy) is 1. The Kier molecular flexibility index (Phi) is 5.06. The molecule has 1 saturated carbocycles. The molecular weight excluding hydrogens is 364 g/mol. The SMILES string of the molecule is O=C(c1coc(C2CCCCC2)n1)N1CC(OCc2cccc3ccccc23)C1. The second-order valence-corrected chi connectivity index (χ2v) is 8.19. The molecule has 2 aliphatic rings. The van der Waals surface area contributed by atoms with E-state index in [-0.39, 0.29) is 12.0 Å². The van der Waals surface area contributed by atoms with Gasteiger partial charge in [0.05, 0.1) is 12.7 Å². The van der Waals surface area contributed by atoms with Crippen molar-refractivity contribution in [1.29, 1.82) is 0 Å². The highest BCUT2D eigenvalue weighted by atomic mass is 16.5. The third kappa shape index (κ3) is 3.79. The zero-order chi connectivity index (χ0) is 19.6. The summed E-state index contributed by atoms with van der Waals surface area (Å²) in [6.07, 6.45) is 7.55. The van der Waals surface area contributed by atoms with Gasteiger partial charge in [0.1, 0.15) is 6.26 Å². The molecule has 5 heteroatoms. The van der Waals surface area contributed by atoms with Crippen LogP contribution in [0.15, 0.2) is 53.1 Å². The maximum Gasteiger partial charge on any atom is 0.275 e. The number of benzene rings is 2. The molecule has 0 unspecified atom stereocenters. The van der Waals surface area contributed by atoms with E-state index in [0.29, 0.717) is 31.3 Å². The number of hydrogen-bond acceptors (Lipinski definition) is 4. The highest BCUT2D eigenvalue weighted by Crippen LogP contribution is 2.32. The Hall–Kier alpha value is -2.66. The highest BCUT2D eigenvalue weighted by molar-refractivity contribution is 5.92. The van der Waals surface area contributed by atoms with E-state index in [1.165, 1.54) is 41.9 Å². The first-order valence-electron chi connectivity index (χ1n) is 10.6. The van der Waals surface area contributed by atoms with E-state index >= 15 is 0 Å². The van der Waals surface area contributed by atoms with Crippen LogP contribution in [-0.2, 0) is 11.3 Å². The van der Waals surface area contributed by atoms with Crippen LogP contribution in [0.1, 0.15) is 60.0 Å². The van der Waals surface area contributed by atoms with Crippen molar-refractivity contribution in [2.45, 2.75) is 50.7 Å². The van der Waals surface area contributed by atoms with E-state index in [1.807, 2.05) is 6.07 Å². The van der Waals surface area contributed by atoms with Crippen molar-refractivity contribution in [2.75, 3.05) is 13.1 Å². The van der Waals surface area contributed by atoms with Crippen LogP contribution in [0.4, 0.5) is 0 Å². The summed E-state index contributed by atoms with van der Waals surface area (Å²) in [5.41, 5.74) is 1.61. The van der Waals surface area contributed by atoms with Gasteiger partial charge in [-0.1, -0.05) is 61.7 Å². The molecule has 0 atom stereocenters. The Morgan fingerprint density at radius 1 is 1.07 bits per heavy atom. The molecule has 1 amide bonds. The molecule has 5 rings (SSSR count). The quantitative estimate of drug-likeness (QED) is 0.621. The van der Waals surface area contributed by atoms with Crippen molar-refractivity contribution in [3.05, 3.63) is 65.9 Å². The molecule has 2 heterocycles. The minimum Gasteiger partial charge on any atom is -0.448 e. The van der Waals surface area contributed by atoms with Crippen molar-refractivity contribution in [3.63, 3.8) is 0 Å². The molecule has 0 radical (unpaired) electrons. The van der Waals surface area contributed by atoms with Crippen LogP contribution >= 0.6 is 0 Å². The Morgan fingerprint density at radius 3 is 2.72 bits per heavy atom. The van der Waals surface area contributed by atoms with Gasteiger partial charge in [-0.05, 0) is 29.2 Å². The van der Waals surface area contributed by atoms with Crippen LogP contribution in [0, 0.1) is 0 Å². The first kappa shape index (κ1) is 18.4. The predicted octanol–water partition coefficient (Wildman–Crippen LogP) is 4.92. The predicted molar refractivity (Wildman–Crippen MR) is 111 cm³/mol. The lowest BCUT2D eigenvalue weighted by molar-refractivity contribution is -0.0501. The molecule has 0 spiro atoms. The summed E-state index contributed by atoms with van der Waals surface area (Å²) < 4.78 is 11.7. The van der Waals surface area contributed by atoms with Gasteiger partial charge < -0.3 is 14.1 Å². The fourth-order valence-corrected chi connectivity index (χ4v) is 4.42. The van der Waals surface area contributed by atoms with Gasteiger partial charge in [0.15, 0.2) is 11.6 Å². The van der Waals surface area contributed by atoms with Crippen molar-refractivity contribution in [3.8, 4) is 0 Å². The summed E-state index contributed by atoms with van der Waals surface area (Å²) >= 11 is 0. The largest absolute Gasteiger partial charge is 0.448 e. The van der Waals surface area contributed by atoms with Crippen molar-refractivity contribution >= 4 is 16.7 Å². The molecule has 150 valence electrons. The van der Waals surface area contributed by atoms with Gasteiger partial charge in [0.2, 0.25) is 0 Å². The van der Waals surface area contributed by atoms with E-state index in [4.69, 9.17) is 9.15 Å². The lowest BCUT2D eigenvalue weighted by atomic mass is 9.89. The summed E-state index contributed by atoms with van der Waals surface area (Å²) in [6.45, 7) is 1.77. The summed E-state index contributed by atoms with van der Waals surface area (Å²) in [7, 11) is 0. The average molecular weight is 390 g/mol. The maximum atomic E-state index is 12.7. The molecule has 2 aromatic carbocycles. The highest BCUT2D eigenvalue weighted by Gasteiger charge is 2.34. The Morgan fingerprint density at radius 2 is 1.86 bits per heavy atom.